The zero-order valence-corrected chi connectivity index (χ0v) is 15.5. The molecule has 1 N–H and O–H groups in total. The van der Waals surface area contributed by atoms with Gasteiger partial charge in [-0.2, -0.15) is 0 Å². The van der Waals surface area contributed by atoms with Gasteiger partial charge in [0.05, 0.1) is 6.61 Å². The fourth-order valence-corrected chi connectivity index (χ4v) is 2.91. The summed E-state index contributed by atoms with van der Waals surface area (Å²) in [4.78, 5) is 2.43. The highest BCUT2D eigenvalue weighted by molar-refractivity contribution is 9.10. The number of nitrogens with zero attached hydrogens (tertiary/aromatic N) is 1. The Balaban J connectivity index is 3.09. The van der Waals surface area contributed by atoms with Crippen LogP contribution >= 0.6 is 15.9 Å². The first-order chi connectivity index (χ1) is 9.99. The molecule has 1 aromatic carbocycles. The van der Waals surface area contributed by atoms with E-state index in [0.717, 1.165) is 30.7 Å². The van der Waals surface area contributed by atoms with Crippen molar-refractivity contribution in [3.8, 4) is 0 Å². The minimum Gasteiger partial charge on any atom is -0.383 e. The van der Waals surface area contributed by atoms with Crippen molar-refractivity contribution in [3.05, 3.63) is 28.2 Å². The fraction of sp³-hybridized carbons (Fsp3) is 0.647. The molecule has 0 aliphatic rings. The minimum atomic E-state index is 0.333. The molecule has 1 rings (SSSR count). The Hall–Kier alpha value is -0.580. The summed E-state index contributed by atoms with van der Waals surface area (Å²) in [6, 6.07) is 6.89. The predicted octanol–water partition coefficient (Wildman–Crippen LogP) is 4.23. The van der Waals surface area contributed by atoms with Crippen LogP contribution in [0.25, 0.3) is 0 Å². The Morgan fingerprint density at radius 1 is 1.29 bits per heavy atom. The van der Waals surface area contributed by atoms with Gasteiger partial charge in [0.1, 0.15) is 0 Å². The van der Waals surface area contributed by atoms with E-state index in [9.17, 15) is 0 Å². The third kappa shape index (κ3) is 5.97. The third-order valence-corrected chi connectivity index (χ3v) is 3.95. The summed E-state index contributed by atoms with van der Waals surface area (Å²) in [6.07, 6.45) is 0. The highest BCUT2D eigenvalue weighted by atomic mass is 79.9. The number of hydrogen-bond acceptors (Lipinski definition) is 3. The summed E-state index contributed by atoms with van der Waals surface area (Å²) in [6.45, 7) is 12.5. The van der Waals surface area contributed by atoms with Gasteiger partial charge < -0.3 is 15.0 Å². The van der Waals surface area contributed by atoms with Crippen LogP contribution in [0.1, 0.15) is 39.3 Å². The normalized spacial score (nSPS) is 12.7. The van der Waals surface area contributed by atoms with Gasteiger partial charge in [-0.15, -0.1) is 0 Å². The highest BCUT2D eigenvalue weighted by Crippen LogP contribution is 2.30. The molecule has 4 heteroatoms. The van der Waals surface area contributed by atoms with Gasteiger partial charge >= 0.3 is 0 Å². The zero-order valence-electron chi connectivity index (χ0n) is 13.9. The Labute approximate surface area is 138 Å². The Morgan fingerprint density at radius 2 is 2.00 bits per heavy atom. The van der Waals surface area contributed by atoms with Gasteiger partial charge in [-0.05, 0) is 43.1 Å². The first kappa shape index (κ1) is 18.5. The molecule has 0 bridgehead atoms. The molecule has 0 saturated carbocycles. The SMILES string of the molecule is CCNC(C)c1cc(Br)ccc1N(CCOC)CC(C)C. The molecular formula is C17H29BrN2O. The summed E-state index contributed by atoms with van der Waals surface area (Å²) in [5, 5.41) is 3.51. The van der Waals surface area contributed by atoms with Crippen LogP contribution in [0.2, 0.25) is 0 Å². The van der Waals surface area contributed by atoms with Crippen molar-refractivity contribution < 1.29 is 4.74 Å². The van der Waals surface area contributed by atoms with Crippen LogP contribution in [-0.2, 0) is 4.74 Å². The van der Waals surface area contributed by atoms with Gasteiger partial charge in [-0.3, -0.25) is 0 Å². The predicted molar refractivity (Wildman–Crippen MR) is 95.2 cm³/mol. The Morgan fingerprint density at radius 3 is 2.57 bits per heavy atom. The molecule has 0 saturated heterocycles. The number of methoxy groups -OCH3 is 1. The van der Waals surface area contributed by atoms with Crippen LogP contribution in [0.15, 0.2) is 22.7 Å². The van der Waals surface area contributed by atoms with Crippen LogP contribution in [0.3, 0.4) is 0 Å². The fourth-order valence-electron chi connectivity index (χ4n) is 2.53. The molecule has 120 valence electrons. The summed E-state index contributed by atoms with van der Waals surface area (Å²) < 4.78 is 6.41. The van der Waals surface area contributed by atoms with Crippen molar-refractivity contribution in [3.63, 3.8) is 0 Å². The first-order valence-electron chi connectivity index (χ1n) is 7.76. The zero-order chi connectivity index (χ0) is 15.8. The lowest BCUT2D eigenvalue weighted by molar-refractivity contribution is 0.204. The van der Waals surface area contributed by atoms with Crippen LogP contribution in [0.5, 0.6) is 0 Å². The Kier molecular flexibility index (Phi) is 8.30. The smallest absolute Gasteiger partial charge is 0.0637 e. The van der Waals surface area contributed by atoms with Crippen molar-refractivity contribution in [2.24, 2.45) is 5.92 Å². The molecule has 1 unspecified atom stereocenters. The summed E-state index contributed by atoms with van der Waals surface area (Å²) in [5.74, 6) is 0.618. The molecule has 0 aliphatic carbocycles. The van der Waals surface area contributed by atoms with Gasteiger partial charge in [-0.25, -0.2) is 0 Å². The lowest BCUT2D eigenvalue weighted by Crippen LogP contribution is -2.33. The van der Waals surface area contributed by atoms with Crippen LogP contribution in [0, 0.1) is 5.92 Å². The topological polar surface area (TPSA) is 24.5 Å². The van der Waals surface area contributed by atoms with Crippen molar-refractivity contribution in [2.75, 3.05) is 38.3 Å². The minimum absolute atomic E-state index is 0.333. The van der Waals surface area contributed by atoms with Gasteiger partial charge in [0.15, 0.2) is 0 Å². The monoisotopic (exact) mass is 356 g/mol. The molecule has 1 atom stereocenters. The van der Waals surface area contributed by atoms with E-state index in [1.165, 1.54) is 11.3 Å². The molecule has 0 aromatic heterocycles. The van der Waals surface area contributed by atoms with E-state index in [1.54, 1.807) is 7.11 Å². The lowest BCUT2D eigenvalue weighted by Gasteiger charge is -2.30. The maximum absolute atomic E-state index is 5.28. The van der Waals surface area contributed by atoms with E-state index < -0.39 is 0 Å². The van der Waals surface area contributed by atoms with Crippen LogP contribution < -0.4 is 10.2 Å². The maximum atomic E-state index is 5.28. The first-order valence-corrected chi connectivity index (χ1v) is 8.55. The number of halogens is 1. The average Bonchev–Trinajstić information content (AvgIpc) is 2.43. The van der Waals surface area contributed by atoms with Gasteiger partial charge in [-0.1, -0.05) is 36.7 Å². The quantitative estimate of drug-likeness (QED) is 0.716. The van der Waals surface area contributed by atoms with Crippen molar-refractivity contribution in [1.29, 1.82) is 0 Å². The van der Waals surface area contributed by atoms with Gasteiger partial charge in [0.25, 0.3) is 0 Å². The Bertz CT molecular complexity index is 423. The molecular weight excluding hydrogens is 328 g/mol. The van der Waals surface area contributed by atoms with E-state index in [4.69, 9.17) is 4.74 Å². The number of rotatable bonds is 9. The maximum Gasteiger partial charge on any atom is 0.0637 e. The number of benzene rings is 1. The molecule has 1 aromatic rings. The van der Waals surface area contributed by atoms with E-state index in [1.807, 2.05) is 0 Å². The molecule has 3 nitrogen and oxygen atoms in total. The highest BCUT2D eigenvalue weighted by Gasteiger charge is 2.16. The molecule has 0 amide bonds. The number of nitrogens with one attached hydrogen (secondary N) is 1. The van der Waals surface area contributed by atoms with E-state index in [2.05, 4.69) is 72.0 Å². The standard InChI is InChI=1S/C17H29BrN2O/c1-6-19-14(4)16-11-15(18)7-8-17(16)20(9-10-21-5)12-13(2)3/h7-8,11,13-14,19H,6,9-10,12H2,1-5H3. The second-order valence-corrected chi connectivity index (χ2v) is 6.73. The summed E-state index contributed by atoms with van der Waals surface area (Å²) in [7, 11) is 1.76. The largest absolute Gasteiger partial charge is 0.383 e. The molecule has 0 radical (unpaired) electrons. The molecule has 0 spiro atoms. The van der Waals surface area contributed by atoms with E-state index in [-0.39, 0.29) is 0 Å². The van der Waals surface area contributed by atoms with Crippen LogP contribution in [0.4, 0.5) is 5.69 Å². The summed E-state index contributed by atoms with van der Waals surface area (Å²) in [5.41, 5.74) is 2.64. The molecule has 0 heterocycles. The number of ether oxygens (including phenoxy) is 1. The second kappa shape index (κ2) is 9.44. The third-order valence-electron chi connectivity index (χ3n) is 3.46. The van der Waals surface area contributed by atoms with Gasteiger partial charge in [0.2, 0.25) is 0 Å². The number of hydrogen-bond donors (Lipinski definition) is 1. The van der Waals surface area contributed by atoms with Crippen molar-refractivity contribution >= 4 is 21.6 Å². The molecule has 0 fully saturated rings. The molecule has 21 heavy (non-hydrogen) atoms. The van der Waals surface area contributed by atoms with Crippen LogP contribution in [-0.4, -0.2) is 33.4 Å². The van der Waals surface area contributed by atoms with E-state index >= 15 is 0 Å². The summed E-state index contributed by atoms with van der Waals surface area (Å²) >= 11 is 3.60. The van der Waals surface area contributed by atoms with Gasteiger partial charge in [0, 0.05) is 36.4 Å². The lowest BCUT2D eigenvalue weighted by atomic mass is 10.0. The average molecular weight is 357 g/mol. The number of anilines is 1. The van der Waals surface area contributed by atoms with Crippen molar-refractivity contribution in [2.45, 2.75) is 33.7 Å². The van der Waals surface area contributed by atoms with E-state index in [0.29, 0.717) is 12.0 Å². The van der Waals surface area contributed by atoms with Crippen molar-refractivity contribution in [1.82, 2.24) is 5.32 Å². The second-order valence-electron chi connectivity index (χ2n) is 5.82. The molecule has 0 aliphatic heterocycles.